The Balaban J connectivity index is 1.33. The van der Waals surface area contributed by atoms with Gasteiger partial charge < -0.3 is 20.7 Å². The quantitative estimate of drug-likeness (QED) is 0.600. The fourth-order valence-corrected chi connectivity index (χ4v) is 3.38. The minimum absolute atomic E-state index is 0.0231. The van der Waals surface area contributed by atoms with Crippen molar-refractivity contribution < 1.29 is 9.53 Å². The van der Waals surface area contributed by atoms with Crippen molar-refractivity contribution in [2.45, 2.75) is 19.6 Å². The molecule has 2 heterocycles. The zero-order chi connectivity index (χ0) is 21.1. The standard InChI is InChI=1S/C21H21ClN6O2/c1-13-5-6-18(17(22)7-13)30-16-10-28(11-16)21-26-12-25-20(27-21)24-9-14-3-2-4-15(8-14)19(23)29/h2-8,12,16H,9-11H2,1H3,(H2,23,29)(H,24,25,26,27). The Morgan fingerprint density at radius 1 is 1.27 bits per heavy atom. The van der Waals surface area contributed by atoms with Crippen LogP contribution in [0, 0.1) is 6.92 Å². The Hall–Kier alpha value is -3.39. The SMILES string of the molecule is Cc1ccc(OC2CN(c3ncnc(NCc4cccc(C(N)=O)c4)n3)C2)c(Cl)c1. The second-order valence-corrected chi connectivity index (χ2v) is 7.51. The van der Waals surface area contributed by atoms with Crippen LogP contribution in [0.15, 0.2) is 48.8 Å². The highest BCUT2D eigenvalue weighted by molar-refractivity contribution is 6.32. The molecule has 30 heavy (non-hydrogen) atoms. The van der Waals surface area contributed by atoms with Gasteiger partial charge in [-0.25, -0.2) is 9.97 Å². The van der Waals surface area contributed by atoms with Crippen molar-refractivity contribution >= 4 is 29.4 Å². The molecule has 0 aliphatic carbocycles. The number of aryl methyl sites for hydroxylation is 1. The maximum Gasteiger partial charge on any atom is 0.248 e. The summed E-state index contributed by atoms with van der Waals surface area (Å²) in [6.45, 7) is 3.77. The van der Waals surface area contributed by atoms with Gasteiger partial charge in [-0.15, -0.1) is 0 Å². The van der Waals surface area contributed by atoms with Gasteiger partial charge in [0.15, 0.2) is 0 Å². The molecule has 8 nitrogen and oxygen atoms in total. The molecule has 1 aromatic heterocycles. The minimum Gasteiger partial charge on any atom is -0.485 e. The number of halogens is 1. The first-order valence-electron chi connectivity index (χ1n) is 9.47. The molecule has 0 spiro atoms. The van der Waals surface area contributed by atoms with Gasteiger partial charge in [-0.2, -0.15) is 4.98 Å². The van der Waals surface area contributed by atoms with Gasteiger partial charge in [0.05, 0.1) is 18.1 Å². The number of nitrogens with one attached hydrogen (secondary N) is 1. The van der Waals surface area contributed by atoms with Gasteiger partial charge in [0.2, 0.25) is 17.8 Å². The maximum absolute atomic E-state index is 11.3. The number of primary amides is 1. The number of aromatic nitrogens is 3. The topological polar surface area (TPSA) is 106 Å². The number of hydrogen-bond donors (Lipinski definition) is 2. The summed E-state index contributed by atoms with van der Waals surface area (Å²) in [4.78, 5) is 26.2. The first-order chi connectivity index (χ1) is 14.5. The molecule has 3 N–H and O–H groups in total. The van der Waals surface area contributed by atoms with E-state index in [2.05, 4.69) is 20.3 Å². The van der Waals surface area contributed by atoms with Crippen molar-refractivity contribution in [2.75, 3.05) is 23.3 Å². The van der Waals surface area contributed by atoms with Crippen LogP contribution in [0.2, 0.25) is 5.02 Å². The highest BCUT2D eigenvalue weighted by Gasteiger charge is 2.31. The summed E-state index contributed by atoms with van der Waals surface area (Å²) in [7, 11) is 0. The van der Waals surface area contributed by atoms with Crippen LogP contribution in [0.4, 0.5) is 11.9 Å². The molecule has 1 saturated heterocycles. The third-order valence-corrected chi connectivity index (χ3v) is 5.03. The van der Waals surface area contributed by atoms with Crippen LogP contribution in [0.3, 0.4) is 0 Å². The molecule has 0 atom stereocenters. The number of nitrogens with two attached hydrogens (primary N) is 1. The van der Waals surface area contributed by atoms with E-state index in [0.29, 0.717) is 47.9 Å². The molecule has 3 aromatic rings. The summed E-state index contributed by atoms with van der Waals surface area (Å²) >= 11 is 6.24. The van der Waals surface area contributed by atoms with E-state index in [1.54, 1.807) is 18.2 Å². The number of ether oxygens (including phenoxy) is 1. The van der Waals surface area contributed by atoms with Crippen LogP contribution in [0.25, 0.3) is 0 Å². The lowest BCUT2D eigenvalue weighted by atomic mass is 10.1. The average Bonchev–Trinajstić information content (AvgIpc) is 2.70. The summed E-state index contributed by atoms with van der Waals surface area (Å²) in [5.74, 6) is 1.26. The zero-order valence-corrected chi connectivity index (χ0v) is 17.1. The number of anilines is 2. The molecule has 0 unspecified atom stereocenters. The molecule has 0 saturated carbocycles. The van der Waals surface area contributed by atoms with E-state index >= 15 is 0 Å². The van der Waals surface area contributed by atoms with Gasteiger partial charge in [-0.05, 0) is 42.3 Å². The van der Waals surface area contributed by atoms with Crippen LogP contribution in [-0.2, 0) is 6.54 Å². The lowest BCUT2D eigenvalue weighted by Gasteiger charge is -2.39. The van der Waals surface area contributed by atoms with E-state index in [4.69, 9.17) is 22.1 Å². The Morgan fingerprint density at radius 3 is 2.87 bits per heavy atom. The highest BCUT2D eigenvalue weighted by Crippen LogP contribution is 2.28. The van der Waals surface area contributed by atoms with Crippen molar-refractivity contribution in [1.82, 2.24) is 15.0 Å². The third kappa shape index (κ3) is 4.60. The number of rotatable bonds is 7. The predicted octanol–water partition coefficient (Wildman–Crippen LogP) is 2.81. The smallest absolute Gasteiger partial charge is 0.248 e. The molecule has 154 valence electrons. The number of benzene rings is 2. The maximum atomic E-state index is 11.3. The molecule has 1 amide bonds. The van der Waals surface area contributed by atoms with Crippen molar-refractivity contribution in [3.8, 4) is 5.75 Å². The van der Waals surface area contributed by atoms with E-state index in [1.165, 1.54) is 6.33 Å². The number of carbonyl (C=O) groups is 1. The lowest BCUT2D eigenvalue weighted by Crippen LogP contribution is -2.54. The average molecular weight is 425 g/mol. The summed E-state index contributed by atoms with van der Waals surface area (Å²) in [6, 6.07) is 12.9. The van der Waals surface area contributed by atoms with Gasteiger partial charge in [0, 0.05) is 12.1 Å². The third-order valence-electron chi connectivity index (χ3n) is 4.73. The van der Waals surface area contributed by atoms with Crippen LogP contribution in [-0.4, -0.2) is 40.1 Å². The number of amides is 1. The fourth-order valence-electron chi connectivity index (χ4n) is 3.10. The minimum atomic E-state index is -0.458. The van der Waals surface area contributed by atoms with Crippen molar-refractivity contribution in [1.29, 1.82) is 0 Å². The van der Waals surface area contributed by atoms with Gasteiger partial charge in [0.25, 0.3) is 0 Å². The summed E-state index contributed by atoms with van der Waals surface area (Å²) in [5, 5.41) is 3.76. The Kier molecular flexibility index (Phi) is 5.67. The van der Waals surface area contributed by atoms with Crippen molar-refractivity contribution in [3.05, 3.63) is 70.5 Å². The first kappa shape index (κ1) is 19.9. The molecule has 0 bridgehead atoms. The molecule has 0 radical (unpaired) electrons. The molecular formula is C21H21ClN6O2. The summed E-state index contributed by atoms with van der Waals surface area (Å²) < 4.78 is 5.96. The molecule has 1 aliphatic rings. The monoisotopic (exact) mass is 424 g/mol. The van der Waals surface area contributed by atoms with Crippen LogP contribution >= 0.6 is 11.6 Å². The van der Waals surface area contributed by atoms with Gasteiger partial charge >= 0.3 is 0 Å². The van der Waals surface area contributed by atoms with Crippen LogP contribution < -0.4 is 20.7 Å². The Bertz CT molecular complexity index is 1070. The van der Waals surface area contributed by atoms with Crippen LogP contribution in [0.5, 0.6) is 5.75 Å². The van der Waals surface area contributed by atoms with Gasteiger partial charge in [-0.1, -0.05) is 29.8 Å². The summed E-state index contributed by atoms with van der Waals surface area (Å²) in [6.07, 6.45) is 1.49. The zero-order valence-electron chi connectivity index (χ0n) is 16.4. The number of nitrogens with zero attached hydrogens (tertiary/aromatic N) is 4. The van der Waals surface area contributed by atoms with Crippen molar-refractivity contribution in [2.24, 2.45) is 5.73 Å². The predicted molar refractivity (Wildman–Crippen MR) is 115 cm³/mol. The van der Waals surface area contributed by atoms with E-state index < -0.39 is 5.91 Å². The normalized spacial score (nSPS) is 13.6. The van der Waals surface area contributed by atoms with Crippen molar-refractivity contribution in [3.63, 3.8) is 0 Å². The van der Waals surface area contributed by atoms with E-state index in [1.807, 2.05) is 36.1 Å². The van der Waals surface area contributed by atoms with E-state index in [0.717, 1.165) is 11.1 Å². The molecule has 9 heteroatoms. The molecule has 4 rings (SSSR count). The number of hydrogen-bond acceptors (Lipinski definition) is 7. The van der Waals surface area contributed by atoms with E-state index in [-0.39, 0.29) is 6.10 Å². The van der Waals surface area contributed by atoms with Crippen LogP contribution in [0.1, 0.15) is 21.5 Å². The summed E-state index contributed by atoms with van der Waals surface area (Å²) in [5.41, 5.74) is 7.78. The Labute approximate surface area is 179 Å². The van der Waals surface area contributed by atoms with E-state index in [9.17, 15) is 4.79 Å². The molecule has 1 aliphatic heterocycles. The van der Waals surface area contributed by atoms with Gasteiger partial charge in [-0.3, -0.25) is 4.79 Å². The Morgan fingerprint density at radius 2 is 2.10 bits per heavy atom. The van der Waals surface area contributed by atoms with Gasteiger partial charge in [0.1, 0.15) is 18.2 Å². The largest absolute Gasteiger partial charge is 0.485 e. The first-order valence-corrected chi connectivity index (χ1v) is 9.85. The lowest BCUT2D eigenvalue weighted by molar-refractivity contribution is 0.1000. The number of carbonyl (C=O) groups excluding carboxylic acids is 1. The highest BCUT2D eigenvalue weighted by atomic mass is 35.5. The molecular weight excluding hydrogens is 404 g/mol. The second kappa shape index (κ2) is 8.54. The molecule has 2 aromatic carbocycles. The second-order valence-electron chi connectivity index (χ2n) is 7.11. The molecule has 1 fully saturated rings. The fraction of sp³-hybridized carbons (Fsp3) is 0.238.